The van der Waals surface area contributed by atoms with Crippen LogP contribution in [0.25, 0.3) is 0 Å². The van der Waals surface area contributed by atoms with Crippen molar-refractivity contribution < 1.29 is 14.6 Å². The predicted octanol–water partition coefficient (Wildman–Crippen LogP) is 2.05. The van der Waals surface area contributed by atoms with Gasteiger partial charge in [0.25, 0.3) is 0 Å². The van der Waals surface area contributed by atoms with Gasteiger partial charge in [0.2, 0.25) is 0 Å². The van der Waals surface area contributed by atoms with Gasteiger partial charge in [0.05, 0.1) is 6.61 Å². The van der Waals surface area contributed by atoms with Crippen molar-refractivity contribution in [3.8, 4) is 5.75 Å². The minimum absolute atomic E-state index is 0.391. The van der Waals surface area contributed by atoms with Crippen LogP contribution >= 0.6 is 0 Å². The predicted molar refractivity (Wildman–Crippen MR) is 71.2 cm³/mol. The minimum atomic E-state index is -0.849. The Kier molecular flexibility index (Phi) is 5.16. The number of hydrogen-bond acceptors (Lipinski definition) is 3. The minimum Gasteiger partial charge on any atom is -0.493 e. The maximum Gasteiger partial charge on any atom is 0.320 e. The van der Waals surface area contributed by atoms with Crippen LogP contribution in [0.4, 0.5) is 0 Å². The van der Waals surface area contributed by atoms with Gasteiger partial charge < -0.3 is 15.2 Å². The molecule has 1 unspecified atom stereocenters. The van der Waals surface area contributed by atoms with Crippen LogP contribution in [0.5, 0.6) is 5.75 Å². The van der Waals surface area contributed by atoms with Gasteiger partial charge in [-0.15, -0.1) is 0 Å². The molecular formula is C14H21NO3. The number of aryl methyl sites for hydroxylation is 3. The lowest BCUT2D eigenvalue weighted by atomic mass is 10.1. The number of carboxylic acids is 1. The summed E-state index contributed by atoms with van der Waals surface area (Å²) in [6.07, 6.45) is 0.443. The summed E-state index contributed by atoms with van der Waals surface area (Å²) in [6.45, 7) is 6.44. The van der Waals surface area contributed by atoms with Crippen LogP contribution in [0.15, 0.2) is 12.1 Å². The van der Waals surface area contributed by atoms with Crippen molar-refractivity contribution in [1.82, 2.24) is 5.32 Å². The first-order valence-electron chi connectivity index (χ1n) is 6.06. The fraction of sp³-hybridized carbons (Fsp3) is 0.500. The zero-order valence-electron chi connectivity index (χ0n) is 11.4. The first-order valence-corrected chi connectivity index (χ1v) is 6.06. The van der Waals surface area contributed by atoms with E-state index >= 15 is 0 Å². The lowest BCUT2D eigenvalue weighted by molar-refractivity contribution is -0.139. The SMILES string of the molecule is CNC(CCOc1c(C)cc(C)cc1C)C(=O)O. The van der Waals surface area contributed by atoms with Crippen molar-refractivity contribution in [3.63, 3.8) is 0 Å². The number of nitrogens with one attached hydrogen (secondary N) is 1. The van der Waals surface area contributed by atoms with E-state index in [0.717, 1.165) is 16.9 Å². The van der Waals surface area contributed by atoms with Crippen molar-refractivity contribution >= 4 is 5.97 Å². The fourth-order valence-corrected chi connectivity index (χ4v) is 2.06. The van der Waals surface area contributed by atoms with Crippen molar-refractivity contribution in [1.29, 1.82) is 0 Å². The Balaban J connectivity index is 2.62. The number of ether oxygens (including phenoxy) is 1. The van der Waals surface area contributed by atoms with E-state index in [1.54, 1.807) is 7.05 Å². The Labute approximate surface area is 108 Å². The highest BCUT2D eigenvalue weighted by Crippen LogP contribution is 2.24. The molecule has 2 N–H and O–H groups in total. The van der Waals surface area contributed by atoms with Gasteiger partial charge in [-0.2, -0.15) is 0 Å². The van der Waals surface area contributed by atoms with E-state index < -0.39 is 12.0 Å². The molecule has 0 saturated heterocycles. The first kappa shape index (κ1) is 14.5. The Morgan fingerprint density at radius 2 is 1.89 bits per heavy atom. The number of rotatable bonds is 6. The third kappa shape index (κ3) is 3.74. The third-order valence-electron chi connectivity index (χ3n) is 2.90. The topological polar surface area (TPSA) is 58.6 Å². The molecule has 0 aromatic heterocycles. The summed E-state index contributed by atoms with van der Waals surface area (Å²) in [7, 11) is 1.64. The van der Waals surface area contributed by atoms with Crippen LogP contribution in [0.3, 0.4) is 0 Å². The van der Waals surface area contributed by atoms with Crippen molar-refractivity contribution in [2.75, 3.05) is 13.7 Å². The Hall–Kier alpha value is -1.55. The molecule has 0 aliphatic carbocycles. The van der Waals surface area contributed by atoms with Crippen LogP contribution in [0.1, 0.15) is 23.1 Å². The number of aliphatic carboxylic acids is 1. The van der Waals surface area contributed by atoms with E-state index in [0.29, 0.717) is 13.0 Å². The molecule has 0 bridgehead atoms. The smallest absolute Gasteiger partial charge is 0.320 e. The van der Waals surface area contributed by atoms with Gasteiger partial charge in [-0.25, -0.2) is 0 Å². The summed E-state index contributed by atoms with van der Waals surface area (Å²) in [6, 6.07) is 3.57. The van der Waals surface area contributed by atoms with E-state index in [2.05, 4.69) is 17.4 Å². The Bertz CT molecular complexity index is 406. The molecule has 1 aromatic carbocycles. The van der Waals surface area contributed by atoms with E-state index in [1.165, 1.54) is 5.56 Å². The summed E-state index contributed by atoms with van der Waals surface area (Å²) in [5.41, 5.74) is 3.38. The van der Waals surface area contributed by atoms with Gasteiger partial charge in [0.1, 0.15) is 11.8 Å². The van der Waals surface area contributed by atoms with E-state index in [9.17, 15) is 4.79 Å². The van der Waals surface area contributed by atoms with Crippen LogP contribution in [0, 0.1) is 20.8 Å². The average Bonchev–Trinajstić information content (AvgIpc) is 2.26. The molecule has 4 nitrogen and oxygen atoms in total. The maximum atomic E-state index is 10.8. The van der Waals surface area contributed by atoms with Crippen LogP contribution < -0.4 is 10.1 Å². The van der Waals surface area contributed by atoms with Crippen molar-refractivity contribution in [2.45, 2.75) is 33.2 Å². The molecule has 1 aromatic rings. The summed E-state index contributed by atoms with van der Waals surface area (Å²) < 4.78 is 5.70. The molecule has 100 valence electrons. The van der Waals surface area contributed by atoms with Crippen molar-refractivity contribution in [3.05, 3.63) is 28.8 Å². The monoisotopic (exact) mass is 251 g/mol. The molecule has 4 heteroatoms. The first-order chi connectivity index (χ1) is 8.45. The summed E-state index contributed by atoms with van der Waals surface area (Å²) in [5, 5.41) is 11.6. The molecule has 0 heterocycles. The number of hydrogen-bond donors (Lipinski definition) is 2. The van der Waals surface area contributed by atoms with Gasteiger partial charge in [0.15, 0.2) is 0 Å². The zero-order valence-corrected chi connectivity index (χ0v) is 11.4. The van der Waals surface area contributed by atoms with Gasteiger partial charge in [-0.05, 0) is 38.9 Å². The molecule has 18 heavy (non-hydrogen) atoms. The molecule has 0 aliphatic rings. The second-order valence-electron chi connectivity index (χ2n) is 4.54. The highest BCUT2D eigenvalue weighted by Gasteiger charge is 2.15. The number of carbonyl (C=O) groups is 1. The fourth-order valence-electron chi connectivity index (χ4n) is 2.06. The molecule has 0 spiro atoms. The van der Waals surface area contributed by atoms with Gasteiger partial charge >= 0.3 is 5.97 Å². The largest absolute Gasteiger partial charge is 0.493 e. The van der Waals surface area contributed by atoms with E-state index in [-0.39, 0.29) is 0 Å². The second-order valence-corrected chi connectivity index (χ2v) is 4.54. The number of likely N-dealkylation sites (N-methyl/N-ethyl adjacent to an activating group) is 1. The molecule has 1 atom stereocenters. The quantitative estimate of drug-likeness (QED) is 0.812. The third-order valence-corrected chi connectivity index (χ3v) is 2.90. The van der Waals surface area contributed by atoms with Gasteiger partial charge in [-0.1, -0.05) is 17.7 Å². The maximum absolute atomic E-state index is 10.8. The molecule has 0 amide bonds. The second kappa shape index (κ2) is 6.40. The van der Waals surface area contributed by atoms with E-state index in [1.807, 2.05) is 20.8 Å². The highest BCUT2D eigenvalue weighted by atomic mass is 16.5. The van der Waals surface area contributed by atoms with Crippen molar-refractivity contribution in [2.24, 2.45) is 0 Å². The van der Waals surface area contributed by atoms with Gasteiger partial charge in [-0.3, -0.25) is 4.79 Å². The Morgan fingerprint density at radius 1 is 1.33 bits per heavy atom. The normalized spacial score (nSPS) is 12.2. The summed E-state index contributed by atoms with van der Waals surface area (Å²) >= 11 is 0. The molecule has 0 aliphatic heterocycles. The van der Waals surface area contributed by atoms with Crippen LogP contribution in [0.2, 0.25) is 0 Å². The molecule has 0 saturated carbocycles. The van der Waals surface area contributed by atoms with Crippen LogP contribution in [-0.4, -0.2) is 30.8 Å². The molecule has 0 radical (unpaired) electrons. The number of carboxylic acid groups (broad SMARTS) is 1. The lowest BCUT2D eigenvalue weighted by Gasteiger charge is -2.15. The lowest BCUT2D eigenvalue weighted by Crippen LogP contribution is -2.35. The highest BCUT2D eigenvalue weighted by molar-refractivity contribution is 5.73. The zero-order chi connectivity index (χ0) is 13.7. The molecule has 1 rings (SSSR count). The van der Waals surface area contributed by atoms with Crippen LogP contribution in [-0.2, 0) is 4.79 Å². The summed E-state index contributed by atoms with van der Waals surface area (Å²) in [5.74, 6) is 0.0132. The Morgan fingerprint density at radius 3 is 2.33 bits per heavy atom. The van der Waals surface area contributed by atoms with Gasteiger partial charge in [0, 0.05) is 6.42 Å². The molecule has 0 fully saturated rings. The summed E-state index contributed by atoms with van der Waals surface area (Å²) in [4.78, 5) is 10.8. The number of benzene rings is 1. The standard InChI is InChI=1S/C14H21NO3/c1-9-7-10(2)13(11(3)8-9)18-6-5-12(15-4)14(16)17/h7-8,12,15H,5-6H2,1-4H3,(H,16,17). The van der Waals surface area contributed by atoms with E-state index in [4.69, 9.17) is 9.84 Å². The molecular weight excluding hydrogens is 230 g/mol. The average molecular weight is 251 g/mol.